The van der Waals surface area contributed by atoms with E-state index in [9.17, 15) is 0 Å². The Morgan fingerprint density at radius 3 is 2.81 bits per heavy atom. The van der Waals surface area contributed by atoms with Crippen molar-refractivity contribution >= 4 is 17.6 Å². The predicted molar refractivity (Wildman–Crippen MR) is 76.2 cm³/mol. The fraction of sp³-hybridized carbons (Fsp3) is 0.429. The van der Waals surface area contributed by atoms with Crippen LogP contribution in [0.3, 0.4) is 0 Å². The molecule has 0 aromatic carbocycles. The highest BCUT2D eigenvalue weighted by Gasteiger charge is 2.15. The standard InChI is InChI=1S/C14H16N4O3/c1-19-4-5-20-6-7-21-9-12-17-11-8-16-14-10(2-3-15-14)13(11)18-12/h2-3,8H,4-7,9H2,1H3. The fourth-order valence-corrected chi connectivity index (χ4v) is 2.02. The first-order valence-corrected chi connectivity index (χ1v) is 6.72. The maximum absolute atomic E-state index is 5.50. The van der Waals surface area contributed by atoms with Crippen LogP contribution >= 0.6 is 0 Å². The van der Waals surface area contributed by atoms with Crippen LogP contribution in [0.25, 0.3) is 6.08 Å². The van der Waals surface area contributed by atoms with Crippen molar-refractivity contribution in [3.05, 3.63) is 28.8 Å². The van der Waals surface area contributed by atoms with E-state index in [0.717, 1.165) is 16.6 Å². The van der Waals surface area contributed by atoms with Gasteiger partial charge in [-0.2, -0.15) is 0 Å². The summed E-state index contributed by atoms with van der Waals surface area (Å²) in [6, 6.07) is 0. The van der Waals surface area contributed by atoms with Crippen LogP contribution in [0.4, 0.5) is 5.69 Å². The normalized spacial score (nSPS) is 14.4. The molecule has 0 fully saturated rings. The summed E-state index contributed by atoms with van der Waals surface area (Å²) in [4.78, 5) is 17.3. The quantitative estimate of drug-likeness (QED) is 0.632. The average molecular weight is 288 g/mol. The second kappa shape index (κ2) is 6.66. The summed E-state index contributed by atoms with van der Waals surface area (Å²) in [5.41, 5.74) is 2.45. The summed E-state index contributed by atoms with van der Waals surface area (Å²) in [7, 11) is 1.64. The third-order valence-electron chi connectivity index (χ3n) is 3.01. The highest BCUT2D eigenvalue weighted by Crippen LogP contribution is 2.17. The van der Waals surface area contributed by atoms with E-state index in [1.165, 1.54) is 0 Å². The third kappa shape index (κ3) is 3.21. The Bertz CT molecular complexity index is 697. The molecule has 0 aliphatic carbocycles. The second-order valence-corrected chi connectivity index (χ2v) is 4.47. The van der Waals surface area contributed by atoms with Crippen LogP contribution < -0.4 is 10.8 Å². The number of fused-ring (bicyclic) bond motifs is 3. The summed E-state index contributed by atoms with van der Waals surface area (Å²) in [6.07, 6.45) is 5.31. The van der Waals surface area contributed by atoms with Gasteiger partial charge in [-0.1, -0.05) is 0 Å². The number of aliphatic imine (C=N–C) groups is 1. The molecule has 1 aromatic rings. The molecule has 3 heterocycles. The molecular formula is C14H16N4O3. The number of hydrogen-bond acceptors (Lipinski definition) is 7. The minimum Gasteiger partial charge on any atom is -0.382 e. The lowest BCUT2D eigenvalue weighted by Gasteiger charge is -2.04. The summed E-state index contributed by atoms with van der Waals surface area (Å²) in [6.45, 7) is 2.55. The maximum Gasteiger partial charge on any atom is 0.161 e. The van der Waals surface area contributed by atoms with E-state index < -0.39 is 0 Å². The Labute approximate surface area is 121 Å². The summed E-state index contributed by atoms with van der Waals surface area (Å²) in [5.74, 6) is 0.650. The Kier molecular flexibility index (Phi) is 4.44. The summed E-state index contributed by atoms with van der Waals surface area (Å²) >= 11 is 0. The van der Waals surface area contributed by atoms with Crippen LogP contribution in [0.5, 0.6) is 0 Å². The molecule has 2 aliphatic heterocycles. The average Bonchev–Trinajstić information content (AvgIpc) is 3.11. The van der Waals surface area contributed by atoms with E-state index in [4.69, 9.17) is 14.2 Å². The molecule has 3 rings (SSSR count). The van der Waals surface area contributed by atoms with Crippen LogP contribution in [0.15, 0.2) is 27.4 Å². The first kappa shape index (κ1) is 14.0. The zero-order valence-corrected chi connectivity index (χ0v) is 11.8. The van der Waals surface area contributed by atoms with Crippen molar-refractivity contribution in [1.29, 1.82) is 0 Å². The van der Waals surface area contributed by atoms with Gasteiger partial charge in [-0.15, -0.1) is 0 Å². The van der Waals surface area contributed by atoms with Gasteiger partial charge >= 0.3 is 0 Å². The first-order valence-electron chi connectivity index (χ1n) is 6.72. The molecule has 21 heavy (non-hydrogen) atoms. The molecule has 0 atom stereocenters. The van der Waals surface area contributed by atoms with Crippen molar-refractivity contribution in [2.45, 2.75) is 0 Å². The van der Waals surface area contributed by atoms with Gasteiger partial charge in [0, 0.05) is 18.9 Å². The largest absolute Gasteiger partial charge is 0.382 e. The molecule has 2 aliphatic rings. The van der Waals surface area contributed by atoms with Crippen LogP contribution in [0.1, 0.15) is 5.56 Å². The molecular weight excluding hydrogens is 272 g/mol. The topological polar surface area (TPSA) is 77.7 Å². The Hall–Kier alpha value is -1.96. The predicted octanol–water partition coefficient (Wildman–Crippen LogP) is 0.0283. The lowest BCUT2D eigenvalue weighted by molar-refractivity contribution is 0.0333. The lowest BCUT2D eigenvalue weighted by atomic mass is 10.2. The number of hydrogen-bond donors (Lipinski definition) is 0. The first-order chi connectivity index (χ1) is 10.4. The Morgan fingerprint density at radius 1 is 1.05 bits per heavy atom. The van der Waals surface area contributed by atoms with Gasteiger partial charge in [-0.3, -0.25) is 0 Å². The third-order valence-corrected chi connectivity index (χ3v) is 3.01. The van der Waals surface area contributed by atoms with E-state index in [1.807, 2.05) is 6.08 Å². The van der Waals surface area contributed by atoms with Gasteiger partial charge < -0.3 is 14.2 Å². The summed E-state index contributed by atoms with van der Waals surface area (Å²) < 4.78 is 15.7. The molecule has 0 unspecified atom stereocenters. The number of pyridine rings is 1. The van der Waals surface area contributed by atoms with Crippen molar-refractivity contribution in [1.82, 2.24) is 4.98 Å². The fourth-order valence-electron chi connectivity index (χ4n) is 2.02. The van der Waals surface area contributed by atoms with Gasteiger partial charge in [-0.05, 0) is 6.08 Å². The van der Waals surface area contributed by atoms with Gasteiger partial charge in [0.15, 0.2) is 11.3 Å². The molecule has 0 saturated heterocycles. The lowest BCUT2D eigenvalue weighted by Crippen LogP contribution is -2.15. The van der Waals surface area contributed by atoms with Crippen molar-refractivity contribution in [3.63, 3.8) is 0 Å². The van der Waals surface area contributed by atoms with Crippen molar-refractivity contribution < 1.29 is 14.2 Å². The van der Waals surface area contributed by atoms with Crippen LogP contribution in [0, 0.1) is 0 Å². The number of ether oxygens (including phenoxy) is 3. The number of rotatable bonds is 8. The molecule has 7 heteroatoms. The van der Waals surface area contributed by atoms with E-state index in [0.29, 0.717) is 44.4 Å². The number of methoxy groups -OCH3 is 1. The number of nitrogens with zero attached hydrogens (tertiary/aromatic N) is 4. The van der Waals surface area contributed by atoms with Gasteiger partial charge in [0.05, 0.1) is 32.6 Å². The van der Waals surface area contributed by atoms with E-state index in [-0.39, 0.29) is 0 Å². The molecule has 7 nitrogen and oxygen atoms in total. The molecule has 0 saturated carbocycles. The molecule has 0 radical (unpaired) electrons. The van der Waals surface area contributed by atoms with E-state index in [1.54, 1.807) is 19.5 Å². The van der Waals surface area contributed by atoms with Crippen molar-refractivity contribution in [3.8, 4) is 0 Å². The van der Waals surface area contributed by atoms with E-state index in [2.05, 4.69) is 20.0 Å². The zero-order chi connectivity index (χ0) is 14.5. The minimum atomic E-state index is 0.359. The van der Waals surface area contributed by atoms with Crippen molar-refractivity contribution in [2.24, 2.45) is 15.0 Å². The monoisotopic (exact) mass is 288 g/mol. The minimum absolute atomic E-state index is 0.359. The Balaban J connectivity index is 1.51. The van der Waals surface area contributed by atoms with Gasteiger partial charge in [-0.25, -0.2) is 20.0 Å². The Morgan fingerprint density at radius 2 is 1.90 bits per heavy atom. The highest BCUT2D eigenvalue weighted by atomic mass is 16.5. The maximum atomic E-state index is 5.50. The van der Waals surface area contributed by atoms with Crippen LogP contribution in [0.2, 0.25) is 0 Å². The number of aromatic nitrogens is 1. The van der Waals surface area contributed by atoms with Gasteiger partial charge in [0.25, 0.3) is 0 Å². The summed E-state index contributed by atoms with van der Waals surface area (Å²) in [5, 5.41) is 0.769. The smallest absolute Gasteiger partial charge is 0.161 e. The molecule has 0 spiro atoms. The second-order valence-electron chi connectivity index (χ2n) is 4.47. The zero-order valence-electron chi connectivity index (χ0n) is 11.8. The molecule has 1 aromatic heterocycles. The molecule has 110 valence electrons. The van der Waals surface area contributed by atoms with E-state index >= 15 is 0 Å². The molecule has 0 N–H and O–H groups in total. The molecule has 0 amide bonds. The van der Waals surface area contributed by atoms with Crippen molar-refractivity contribution in [2.75, 3.05) is 40.1 Å². The number of amidine groups is 1. The van der Waals surface area contributed by atoms with Crippen LogP contribution in [-0.2, 0) is 14.2 Å². The van der Waals surface area contributed by atoms with Gasteiger partial charge in [0.1, 0.15) is 17.7 Å². The highest BCUT2D eigenvalue weighted by molar-refractivity contribution is 5.90. The van der Waals surface area contributed by atoms with Crippen LogP contribution in [-0.4, -0.2) is 51.0 Å². The SMILES string of the molecule is COCCOCCOCC1=Nc2c3c(ncc2=N1)=NC=C3. The molecule has 0 bridgehead atoms. The van der Waals surface area contributed by atoms with Gasteiger partial charge in [0.2, 0.25) is 0 Å².